The van der Waals surface area contributed by atoms with Crippen LogP contribution in [0.1, 0.15) is 5.56 Å². The van der Waals surface area contributed by atoms with Crippen molar-refractivity contribution in [1.82, 2.24) is 19.1 Å². The summed E-state index contributed by atoms with van der Waals surface area (Å²) < 4.78 is 37.1. The molecule has 1 N–H and O–H groups in total. The number of halogens is 2. The van der Waals surface area contributed by atoms with Gasteiger partial charge in [0, 0.05) is 20.0 Å². The van der Waals surface area contributed by atoms with Crippen LogP contribution in [0, 0.1) is 6.92 Å². The Kier molecular flexibility index (Phi) is 12.7. The van der Waals surface area contributed by atoms with Crippen molar-refractivity contribution < 1.29 is 22.4 Å². The van der Waals surface area contributed by atoms with Gasteiger partial charge in [0.25, 0.3) is 10.1 Å². The highest BCUT2D eigenvalue weighted by Crippen LogP contribution is 2.28. The van der Waals surface area contributed by atoms with E-state index >= 15 is 0 Å². The first-order valence-electron chi connectivity index (χ1n) is 16.0. The number of nitrogens with zero attached hydrogens (tertiary/aromatic N) is 4. The summed E-state index contributed by atoms with van der Waals surface area (Å²) in [5.74, 6) is 1.77. The monoisotopic (exact) mass is 744 g/mol. The normalized spacial score (nSPS) is 11.1. The van der Waals surface area contributed by atoms with E-state index in [0.29, 0.717) is 12.5 Å². The molecule has 7 rings (SSSR count). The number of phenols is 1. The van der Waals surface area contributed by atoms with Gasteiger partial charge in [-0.05, 0) is 89.8 Å². The van der Waals surface area contributed by atoms with Crippen LogP contribution >= 0.6 is 23.2 Å². The smallest absolute Gasteiger partial charge is 0.297 e. The van der Waals surface area contributed by atoms with Crippen molar-refractivity contribution in [3.05, 3.63) is 127 Å². The van der Waals surface area contributed by atoms with Gasteiger partial charge in [-0.3, -0.25) is 4.18 Å². The van der Waals surface area contributed by atoms with Crippen LogP contribution in [-0.4, -0.2) is 57.6 Å². The van der Waals surface area contributed by atoms with Gasteiger partial charge in [0.1, 0.15) is 18.1 Å². The number of benzene rings is 5. The third kappa shape index (κ3) is 9.89. The third-order valence-corrected chi connectivity index (χ3v) is 9.40. The predicted molar refractivity (Wildman–Crippen MR) is 205 cm³/mol. The van der Waals surface area contributed by atoms with Gasteiger partial charge in [0.05, 0.1) is 52.1 Å². The van der Waals surface area contributed by atoms with Crippen LogP contribution in [0.2, 0.25) is 0 Å². The summed E-state index contributed by atoms with van der Waals surface area (Å²) in [6, 6.07) is 34.1. The maximum Gasteiger partial charge on any atom is 0.297 e. The fraction of sp³-hybridized carbons (Fsp3) is 0.179. The summed E-state index contributed by atoms with van der Waals surface area (Å²) in [7, 11) is 0.349. The van der Waals surface area contributed by atoms with Gasteiger partial charge in [-0.15, -0.1) is 23.2 Å². The first-order valence-corrected chi connectivity index (χ1v) is 18.5. The lowest BCUT2D eigenvalue weighted by Crippen LogP contribution is -2.08. The molecule has 5 aromatic carbocycles. The molecule has 0 amide bonds. The average molecular weight is 746 g/mol. The number of phenolic OH excluding ortho intramolecular Hbond substituents is 1. The van der Waals surface area contributed by atoms with E-state index in [1.54, 1.807) is 30.6 Å². The molecule has 2 aromatic heterocycles. The lowest BCUT2D eigenvalue weighted by Gasteiger charge is -2.07. The summed E-state index contributed by atoms with van der Waals surface area (Å²) in [6.07, 6.45) is 3.63. The zero-order valence-electron chi connectivity index (χ0n) is 28.4. The molecule has 51 heavy (non-hydrogen) atoms. The number of hydrogen-bond donors (Lipinski definition) is 1. The highest BCUT2D eigenvalue weighted by molar-refractivity contribution is 7.86. The van der Waals surface area contributed by atoms with E-state index in [0.717, 1.165) is 55.6 Å². The fourth-order valence-electron chi connectivity index (χ4n) is 5.13. The van der Waals surface area contributed by atoms with Crippen LogP contribution in [0.5, 0.6) is 11.5 Å². The Morgan fingerprint density at radius 1 is 0.667 bits per heavy atom. The standard InChI is InChI=1S/C16H15ClN2O.C14H12N2O.C9H11ClO3S/c1-19-11-18-15-6-5-13(10-16(15)19)12-3-2-4-14(9-12)20-8-7-17;1-16-9-15-13-6-5-11(8-14(13)16)10-3-2-4-12(17)7-10;1-8-2-4-9(5-3-8)14(11,12)13-7-6-10/h2-6,9-11H,7-8H2,1H3;2-9,17H,1H3;2-5H,6-7H2,1H3. The molecule has 0 atom stereocenters. The van der Waals surface area contributed by atoms with Crippen LogP contribution in [0.4, 0.5) is 0 Å². The summed E-state index contributed by atoms with van der Waals surface area (Å²) in [6.45, 7) is 2.40. The molecule has 7 aromatic rings. The number of rotatable bonds is 9. The number of aromatic hydroxyl groups is 1. The number of aromatic nitrogens is 4. The van der Waals surface area contributed by atoms with Crippen molar-refractivity contribution in [1.29, 1.82) is 0 Å². The summed E-state index contributed by atoms with van der Waals surface area (Å²) in [5, 5.41) is 9.48. The molecule has 0 aliphatic rings. The maximum atomic E-state index is 11.4. The topological polar surface area (TPSA) is 108 Å². The van der Waals surface area contributed by atoms with E-state index in [1.165, 1.54) is 12.1 Å². The molecule has 9 nitrogen and oxygen atoms in total. The molecule has 0 saturated carbocycles. The Morgan fingerprint density at radius 2 is 1.20 bits per heavy atom. The molecule has 0 radical (unpaired) electrons. The maximum absolute atomic E-state index is 11.4. The zero-order valence-corrected chi connectivity index (χ0v) is 30.7. The second-order valence-electron chi connectivity index (χ2n) is 11.5. The molecule has 0 saturated heterocycles. The molecule has 0 aliphatic heterocycles. The van der Waals surface area contributed by atoms with Gasteiger partial charge in [0.15, 0.2) is 0 Å². The van der Waals surface area contributed by atoms with Gasteiger partial charge in [-0.25, -0.2) is 9.97 Å². The molecule has 0 unspecified atom stereocenters. The van der Waals surface area contributed by atoms with E-state index in [2.05, 4.69) is 38.4 Å². The summed E-state index contributed by atoms with van der Waals surface area (Å²) in [5.41, 5.74) is 9.56. The van der Waals surface area contributed by atoms with E-state index in [4.69, 9.17) is 27.9 Å². The van der Waals surface area contributed by atoms with E-state index in [-0.39, 0.29) is 23.1 Å². The lowest BCUT2D eigenvalue weighted by molar-refractivity contribution is 0.340. The van der Waals surface area contributed by atoms with Crippen LogP contribution in [-0.2, 0) is 28.4 Å². The largest absolute Gasteiger partial charge is 0.508 e. The Hall–Kier alpha value is -4.87. The van der Waals surface area contributed by atoms with Gasteiger partial charge < -0.3 is 19.0 Å². The average Bonchev–Trinajstić information content (AvgIpc) is 3.71. The minimum Gasteiger partial charge on any atom is -0.508 e. The number of fused-ring (bicyclic) bond motifs is 2. The lowest BCUT2D eigenvalue weighted by atomic mass is 10.0. The van der Waals surface area contributed by atoms with Gasteiger partial charge in [-0.1, -0.05) is 54.1 Å². The molecule has 2 heterocycles. The molecule has 0 fully saturated rings. The molecule has 0 aliphatic carbocycles. The van der Waals surface area contributed by atoms with Gasteiger partial charge in [-0.2, -0.15) is 8.42 Å². The quantitative estimate of drug-likeness (QED) is 0.116. The van der Waals surface area contributed by atoms with Gasteiger partial charge in [0.2, 0.25) is 0 Å². The number of alkyl halides is 2. The number of ether oxygens (including phenoxy) is 1. The summed E-state index contributed by atoms with van der Waals surface area (Å²) >= 11 is 11.0. The van der Waals surface area contributed by atoms with Crippen molar-refractivity contribution in [2.75, 3.05) is 25.0 Å². The highest BCUT2D eigenvalue weighted by atomic mass is 35.5. The van der Waals surface area contributed by atoms with Crippen LogP contribution < -0.4 is 4.74 Å². The number of imidazole rings is 2. The highest BCUT2D eigenvalue weighted by Gasteiger charge is 2.13. The Morgan fingerprint density at radius 3 is 1.75 bits per heavy atom. The molecular weight excluding hydrogens is 707 g/mol. The molecule has 12 heteroatoms. The second kappa shape index (κ2) is 17.4. The molecule has 264 valence electrons. The predicted octanol–water partition coefficient (Wildman–Crippen LogP) is 8.74. The van der Waals surface area contributed by atoms with Crippen LogP contribution in [0.3, 0.4) is 0 Å². The SMILES string of the molecule is Cc1ccc(S(=O)(=O)OCCCl)cc1.Cn1cnc2ccc(-c3cccc(O)c3)cc21.Cn1cnc2ccc(-c3cccc(OCCCl)c3)cc21. The Balaban J connectivity index is 0.000000151. The van der Waals surface area contributed by atoms with E-state index < -0.39 is 10.1 Å². The van der Waals surface area contributed by atoms with Crippen molar-refractivity contribution in [2.24, 2.45) is 14.1 Å². The van der Waals surface area contributed by atoms with Gasteiger partial charge >= 0.3 is 0 Å². The van der Waals surface area contributed by atoms with Crippen molar-refractivity contribution in [3.8, 4) is 33.8 Å². The van der Waals surface area contributed by atoms with Crippen molar-refractivity contribution >= 4 is 55.4 Å². The summed E-state index contributed by atoms with van der Waals surface area (Å²) in [4.78, 5) is 8.78. The van der Waals surface area contributed by atoms with Crippen LogP contribution in [0.25, 0.3) is 44.3 Å². The molecule has 0 bridgehead atoms. The molecule has 0 spiro atoms. The van der Waals surface area contributed by atoms with Crippen molar-refractivity contribution in [2.45, 2.75) is 11.8 Å². The van der Waals surface area contributed by atoms with Crippen LogP contribution in [0.15, 0.2) is 127 Å². The van der Waals surface area contributed by atoms with E-state index in [1.807, 2.05) is 85.0 Å². The Bertz CT molecular complexity index is 2320. The fourth-order valence-corrected chi connectivity index (χ4v) is 6.29. The first kappa shape index (κ1) is 37.4. The number of aryl methyl sites for hydroxylation is 3. The van der Waals surface area contributed by atoms with E-state index in [9.17, 15) is 13.5 Å². The number of hydrogen-bond acceptors (Lipinski definition) is 7. The first-order chi connectivity index (χ1) is 24.6. The molecular formula is C39H38Cl2N4O5S. The zero-order chi connectivity index (χ0) is 36.4. The third-order valence-electron chi connectivity index (χ3n) is 7.77. The Labute approximate surface area is 307 Å². The minimum absolute atomic E-state index is 0.00222. The minimum atomic E-state index is -3.62. The second-order valence-corrected chi connectivity index (χ2v) is 13.9. The van der Waals surface area contributed by atoms with Crippen molar-refractivity contribution in [3.63, 3.8) is 0 Å².